The van der Waals surface area contributed by atoms with Crippen LogP contribution in [0.25, 0.3) is 0 Å². The van der Waals surface area contributed by atoms with Crippen molar-refractivity contribution in [3.8, 4) is 0 Å². The number of aryl methyl sites for hydroxylation is 1. The maximum absolute atomic E-state index is 12.2. The molecule has 2 aromatic rings. The standard InChI is InChI=1S/C19H24ClN5O.HI/c1-14-3-4-15(18(26)23(14)2)13-22-19(21)25-11-9-24(10-12-25)17-7-5-16(20)6-8-17;/h3-8H,9-13H2,1-2H3,(H2,21,22);1H. The smallest absolute Gasteiger partial charge is 0.255 e. The zero-order valence-corrected chi connectivity index (χ0v) is 18.6. The van der Waals surface area contributed by atoms with E-state index >= 15 is 0 Å². The van der Waals surface area contributed by atoms with Crippen LogP contribution >= 0.6 is 35.6 Å². The highest BCUT2D eigenvalue weighted by atomic mass is 127. The number of halogens is 2. The number of pyridine rings is 1. The molecule has 2 N–H and O–H groups in total. The summed E-state index contributed by atoms with van der Waals surface area (Å²) in [6.07, 6.45) is 0. The molecule has 27 heavy (non-hydrogen) atoms. The molecule has 0 unspecified atom stereocenters. The lowest BCUT2D eigenvalue weighted by Gasteiger charge is -2.36. The third-order valence-electron chi connectivity index (χ3n) is 4.84. The number of guanidine groups is 1. The van der Waals surface area contributed by atoms with Gasteiger partial charge < -0.3 is 20.1 Å². The van der Waals surface area contributed by atoms with Gasteiger partial charge in [-0.1, -0.05) is 11.6 Å². The van der Waals surface area contributed by atoms with Crippen molar-refractivity contribution >= 4 is 47.2 Å². The molecule has 0 bridgehead atoms. The number of piperazine rings is 1. The van der Waals surface area contributed by atoms with E-state index in [2.05, 4.69) is 14.8 Å². The van der Waals surface area contributed by atoms with Crippen molar-refractivity contribution in [2.24, 2.45) is 17.8 Å². The summed E-state index contributed by atoms with van der Waals surface area (Å²) in [5, 5.41) is 0.742. The largest absolute Gasteiger partial charge is 0.370 e. The molecule has 1 fully saturated rings. The van der Waals surface area contributed by atoms with Gasteiger partial charge >= 0.3 is 0 Å². The molecular formula is C19H25ClIN5O. The zero-order valence-electron chi connectivity index (χ0n) is 15.6. The quantitative estimate of drug-likeness (QED) is 0.399. The fourth-order valence-electron chi connectivity index (χ4n) is 3.01. The second kappa shape index (κ2) is 9.45. The first kappa shape index (κ1) is 21.6. The molecule has 0 amide bonds. The molecule has 146 valence electrons. The van der Waals surface area contributed by atoms with Gasteiger partial charge in [0.25, 0.3) is 5.56 Å². The van der Waals surface area contributed by atoms with Gasteiger partial charge in [0.15, 0.2) is 5.96 Å². The Hall–Kier alpha value is -1.74. The Kier molecular flexibility index (Phi) is 7.55. The van der Waals surface area contributed by atoms with Crippen LogP contribution in [0, 0.1) is 6.92 Å². The van der Waals surface area contributed by atoms with Gasteiger partial charge in [0.2, 0.25) is 0 Å². The molecule has 0 atom stereocenters. The number of hydrogen-bond acceptors (Lipinski definition) is 3. The lowest BCUT2D eigenvalue weighted by Crippen LogP contribution is -2.51. The van der Waals surface area contributed by atoms with E-state index in [0.29, 0.717) is 18.1 Å². The van der Waals surface area contributed by atoms with Crippen LogP contribution in [0.4, 0.5) is 5.69 Å². The van der Waals surface area contributed by atoms with Gasteiger partial charge in [0.05, 0.1) is 6.54 Å². The summed E-state index contributed by atoms with van der Waals surface area (Å²) in [5.74, 6) is 0.489. The molecule has 3 rings (SSSR count). The number of benzene rings is 1. The van der Waals surface area contributed by atoms with E-state index < -0.39 is 0 Å². The normalized spacial score (nSPS) is 14.9. The van der Waals surface area contributed by atoms with Crippen molar-refractivity contribution in [3.05, 3.63) is 63.0 Å². The van der Waals surface area contributed by atoms with Gasteiger partial charge in [0.1, 0.15) is 0 Å². The summed E-state index contributed by atoms with van der Waals surface area (Å²) in [6.45, 7) is 5.53. The number of rotatable bonds is 3. The molecule has 1 aliphatic heterocycles. The number of anilines is 1. The van der Waals surface area contributed by atoms with Crippen molar-refractivity contribution in [2.75, 3.05) is 31.1 Å². The van der Waals surface area contributed by atoms with Gasteiger partial charge in [-0.2, -0.15) is 0 Å². The highest BCUT2D eigenvalue weighted by Gasteiger charge is 2.18. The Morgan fingerprint density at radius 2 is 1.74 bits per heavy atom. The summed E-state index contributed by atoms with van der Waals surface area (Å²) < 4.78 is 1.63. The predicted octanol–water partition coefficient (Wildman–Crippen LogP) is 2.60. The Morgan fingerprint density at radius 3 is 2.37 bits per heavy atom. The molecule has 1 aromatic carbocycles. The SMILES string of the molecule is Cc1ccc(CN=C(N)N2CCN(c3ccc(Cl)cc3)CC2)c(=O)n1C.I. The minimum absolute atomic E-state index is 0. The molecule has 6 nitrogen and oxygen atoms in total. The molecule has 0 radical (unpaired) electrons. The van der Waals surface area contributed by atoms with Gasteiger partial charge in [-0.15, -0.1) is 24.0 Å². The van der Waals surface area contributed by atoms with Crippen molar-refractivity contribution in [2.45, 2.75) is 13.5 Å². The van der Waals surface area contributed by atoms with E-state index in [0.717, 1.165) is 42.6 Å². The fourth-order valence-corrected chi connectivity index (χ4v) is 3.14. The van der Waals surface area contributed by atoms with Crippen LogP contribution in [-0.4, -0.2) is 41.6 Å². The average Bonchev–Trinajstić information content (AvgIpc) is 2.66. The second-order valence-corrected chi connectivity index (χ2v) is 6.93. The van der Waals surface area contributed by atoms with Crippen LogP contribution in [0.3, 0.4) is 0 Å². The number of nitrogens with zero attached hydrogens (tertiary/aromatic N) is 4. The Labute approximate surface area is 181 Å². The topological polar surface area (TPSA) is 66.9 Å². The van der Waals surface area contributed by atoms with Gasteiger partial charge in [-0.3, -0.25) is 4.79 Å². The lowest BCUT2D eigenvalue weighted by atomic mass is 10.2. The molecule has 1 saturated heterocycles. The van der Waals surface area contributed by atoms with E-state index in [1.165, 1.54) is 0 Å². The van der Waals surface area contributed by atoms with E-state index in [4.69, 9.17) is 17.3 Å². The van der Waals surface area contributed by atoms with Gasteiger partial charge in [-0.25, -0.2) is 4.99 Å². The molecule has 0 saturated carbocycles. The van der Waals surface area contributed by atoms with Crippen LogP contribution in [0.5, 0.6) is 0 Å². The summed E-state index contributed by atoms with van der Waals surface area (Å²) in [6, 6.07) is 11.6. The van der Waals surface area contributed by atoms with Crippen molar-refractivity contribution in [1.29, 1.82) is 0 Å². The van der Waals surface area contributed by atoms with E-state index in [-0.39, 0.29) is 29.5 Å². The molecule has 1 aromatic heterocycles. The Bertz CT molecular complexity index is 857. The highest BCUT2D eigenvalue weighted by molar-refractivity contribution is 14.0. The molecular weight excluding hydrogens is 477 g/mol. The molecule has 8 heteroatoms. The molecule has 0 spiro atoms. The minimum atomic E-state index is -0.0193. The number of hydrogen-bond donors (Lipinski definition) is 1. The maximum atomic E-state index is 12.2. The Morgan fingerprint density at radius 1 is 1.11 bits per heavy atom. The van der Waals surface area contributed by atoms with Crippen LogP contribution < -0.4 is 16.2 Å². The van der Waals surface area contributed by atoms with Gasteiger partial charge in [0, 0.05) is 55.2 Å². The van der Waals surface area contributed by atoms with Crippen molar-refractivity contribution < 1.29 is 0 Å². The zero-order chi connectivity index (χ0) is 18.7. The van der Waals surface area contributed by atoms with E-state index in [1.807, 2.05) is 43.3 Å². The van der Waals surface area contributed by atoms with E-state index in [1.54, 1.807) is 11.6 Å². The lowest BCUT2D eigenvalue weighted by molar-refractivity contribution is 0.380. The summed E-state index contributed by atoms with van der Waals surface area (Å²) in [7, 11) is 1.77. The fraction of sp³-hybridized carbons (Fsp3) is 0.368. The summed E-state index contributed by atoms with van der Waals surface area (Å²) in [5.41, 5.74) is 8.87. The number of aliphatic imine (C=N–C) groups is 1. The highest BCUT2D eigenvalue weighted by Crippen LogP contribution is 2.19. The van der Waals surface area contributed by atoms with Crippen molar-refractivity contribution in [1.82, 2.24) is 9.47 Å². The number of aromatic nitrogens is 1. The molecule has 0 aliphatic carbocycles. The van der Waals surface area contributed by atoms with Crippen LogP contribution in [0.2, 0.25) is 5.02 Å². The van der Waals surface area contributed by atoms with Gasteiger partial charge in [-0.05, 0) is 43.3 Å². The average molecular weight is 502 g/mol. The molecule has 2 heterocycles. The first-order valence-electron chi connectivity index (χ1n) is 8.66. The maximum Gasteiger partial charge on any atom is 0.255 e. The van der Waals surface area contributed by atoms with Crippen LogP contribution in [0.1, 0.15) is 11.3 Å². The van der Waals surface area contributed by atoms with Crippen molar-refractivity contribution in [3.63, 3.8) is 0 Å². The predicted molar refractivity (Wildman–Crippen MR) is 122 cm³/mol. The monoisotopic (exact) mass is 501 g/mol. The minimum Gasteiger partial charge on any atom is -0.370 e. The Balaban J connectivity index is 0.00000261. The number of nitrogens with two attached hydrogens (primary N) is 1. The third-order valence-corrected chi connectivity index (χ3v) is 5.09. The summed E-state index contributed by atoms with van der Waals surface area (Å²) in [4.78, 5) is 21.0. The molecule has 1 aliphatic rings. The first-order valence-corrected chi connectivity index (χ1v) is 9.04. The van der Waals surface area contributed by atoms with E-state index in [9.17, 15) is 4.79 Å². The van der Waals surface area contributed by atoms with Crippen LogP contribution in [-0.2, 0) is 13.6 Å². The summed E-state index contributed by atoms with van der Waals surface area (Å²) >= 11 is 5.95. The second-order valence-electron chi connectivity index (χ2n) is 6.49. The first-order chi connectivity index (χ1) is 12.5. The van der Waals surface area contributed by atoms with Crippen LogP contribution in [0.15, 0.2) is 46.2 Å². The third kappa shape index (κ3) is 5.16.